The Labute approximate surface area is 119 Å². The Morgan fingerprint density at radius 1 is 1.30 bits per heavy atom. The van der Waals surface area contributed by atoms with E-state index >= 15 is 0 Å². The second-order valence-electron chi connectivity index (χ2n) is 4.91. The molecule has 0 fully saturated rings. The van der Waals surface area contributed by atoms with Crippen LogP contribution >= 0.6 is 0 Å². The average molecular weight is 269 g/mol. The molecule has 20 heavy (non-hydrogen) atoms. The van der Waals surface area contributed by atoms with Crippen LogP contribution < -0.4 is 0 Å². The quantitative estimate of drug-likeness (QED) is 0.618. The van der Waals surface area contributed by atoms with Crippen molar-refractivity contribution in [2.75, 3.05) is 14.1 Å². The van der Waals surface area contributed by atoms with Gasteiger partial charge in [0, 0.05) is 32.9 Å². The van der Waals surface area contributed by atoms with Crippen LogP contribution in [0.1, 0.15) is 21.9 Å². The normalized spacial score (nSPS) is 10.9. The van der Waals surface area contributed by atoms with Crippen LogP contribution in [0.3, 0.4) is 0 Å². The third-order valence-electron chi connectivity index (χ3n) is 3.02. The van der Waals surface area contributed by atoms with Crippen LogP contribution in [0.25, 0.3) is 0 Å². The van der Waals surface area contributed by atoms with E-state index in [1.54, 1.807) is 18.5 Å². The molecule has 1 aromatic heterocycles. The summed E-state index contributed by atoms with van der Waals surface area (Å²) in [5.74, 6) is 0.811. The van der Waals surface area contributed by atoms with Crippen molar-refractivity contribution in [3.05, 3.63) is 65.9 Å². The van der Waals surface area contributed by atoms with Crippen molar-refractivity contribution >= 4 is 5.78 Å². The predicted octanol–water partition coefficient (Wildman–Crippen LogP) is 2.50. The number of allylic oxidation sites excluding steroid dienone is 1. The fourth-order valence-corrected chi connectivity index (χ4v) is 1.93. The summed E-state index contributed by atoms with van der Waals surface area (Å²) in [6.45, 7) is 2.57. The van der Waals surface area contributed by atoms with Crippen molar-refractivity contribution in [3.63, 3.8) is 0 Å². The first-order valence-corrected chi connectivity index (χ1v) is 6.53. The highest BCUT2D eigenvalue weighted by molar-refractivity contribution is 6.03. The van der Waals surface area contributed by atoms with Gasteiger partial charge in [-0.05, 0) is 12.5 Å². The summed E-state index contributed by atoms with van der Waals surface area (Å²) >= 11 is 0. The van der Waals surface area contributed by atoms with E-state index in [2.05, 4.69) is 4.98 Å². The van der Waals surface area contributed by atoms with Gasteiger partial charge < -0.3 is 9.47 Å². The molecule has 2 rings (SSSR count). The minimum atomic E-state index is -0.0322. The van der Waals surface area contributed by atoms with Crippen molar-refractivity contribution in [1.82, 2.24) is 14.5 Å². The Bertz CT molecular complexity index is 612. The summed E-state index contributed by atoms with van der Waals surface area (Å²) in [6.07, 6.45) is 4.95. The molecule has 104 valence electrons. The van der Waals surface area contributed by atoms with Crippen LogP contribution in [0.15, 0.2) is 48.8 Å². The van der Waals surface area contributed by atoms with E-state index in [-0.39, 0.29) is 5.78 Å². The maximum atomic E-state index is 12.2. The highest BCUT2D eigenvalue weighted by Crippen LogP contribution is 2.11. The summed E-state index contributed by atoms with van der Waals surface area (Å²) in [4.78, 5) is 18.3. The molecule has 0 N–H and O–H groups in total. The van der Waals surface area contributed by atoms with Crippen LogP contribution in [0.5, 0.6) is 0 Å². The van der Waals surface area contributed by atoms with E-state index in [1.807, 2.05) is 60.8 Å². The smallest absolute Gasteiger partial charge is 0.205 e. The fraction of sp³-hybridized carbons (Fsp3) is 0.250. The van der Waals surface area contributed by atoms with E-state index < -0.39 is 0 Å². The van der Waals surface area contributed by atoms with E-state index in [1.165, 1.54) is 0 Å². The van der Waals surface area contributed by atoms with Crippen molar-refractivity contribution in [2.24, 2.45) is 0 Å². The Morgan fingerprint density at radius 3 is 2.65 bits per heavy atom. The van der Waals surface area contributed by atoms with Gasteiger partial charge in [0.2, 0.25) is 5.78 Å². The van der Waals surface area contributed by atoms with Gasteiger partial charge in [0.15, 0.2) is 0 Å². The van der Waals surface area contributed by atoms with Gasteiger partial charge in [-0.2, -0.15) is 0 Å². The van der Waals surface area contributed by atoms with Crippen molar-refractivity contribution in [2.45, 2.75) is 13.5 Å². The molecule has 0 aliphatic rings. The van der Waals surface area contributed by atoms with E-state index in [0.717, 1.165) is 11.4 Å². The summed E-state index contributed by atoms with van der Waals surface area (Å²) in [5.41, 5.74) is 1.77. The SMILES string of the molecule is Cc1ncc(C(=O)/C=C/N(C)C)n1Cc1ccccc1. The van der Waals surface area contributed by atoms with Gasteiger partial charge in [-0.25, -0.2) is 4.98 Å². The molecule has 0 saturated heterocycles. The van der Waals surface area contributed by atoms with E-state index in [0.29, 0.717) is 12.2 Å². The first kappa shape index (κ1) is 14.1. The van der Waals surface area contributed by atoms with Gasteiger partial charge in [0.25, 0.3) is 0 Å². The number of nitrogens with zero attached hydrogens (tertiary/aromatic N) is 3. The van der Waals surface area contributed by atoms with Crippen LogP contribution in [0.4, 0.5) is 0 Å². The van der Waals surface area contributed by atoms with Crippen LogP contribution in [-0.4, -0.2) is 34.3 Å². The molecule has 0 atom stereocenters. The van der Waals surface area contributed by atoms with Crippen LogP contribution in [0.2, 0.25) is 0 Å². The molecule has 0 aliphatic carbocycles. The van der Waals surface area contributed by atoms with Crippen molar-refractivity contribution < 1.29 is 4.79 Å². The lowest BCUT2D eigenvalue weighted by molar-refractivity contribution is 0.103. The number of hydrogen-bond donors (Lipinski definition) is 0. The molecule has 0 bridgehead atoms. The first-order chi connectivity index (χ1) is 9.58. The summed E-state index contributed by atoms with van der Waals surface area (Å²) in [5, 5.41) is 0. The number of aryl methyl sites for hydroxylation is 1. The number of rotatable bonds is 5. The molecule has 4 heteroatoms. The number of carbonyl (C=O) groups is 1. The molecule has 0 spiro atoms. The Kier molecular flexibility index (Phi) is 4.35. The first-order valence-electron chi connectivity index (χ1n) is 6.53. The molecule has 2 aromatic rings. The topological polar surface area (TPSA) is 38.1 Å². The van der Waals surface area contributed by atoms with E-state index in [4.69, 9.17) is 0 Å². The number of ketones is 1. The second-order valence-corrected chi connectivity index (χ2v) is 4.91. The Hall–Kier alpha value is -2.36. The molecule has 0 radical (unpaired) electrons. The zero-order valence-corrected chi connectivity index (χ0v) is 12.1. The van der Waals surface area contributed by atoms with E-state index in [9.17, 15) is 4.79 Å². The molecule has 1 aromatic carbocycles. The summed E-state index contributed by atoms with van der Waals surface area (Å²) < 4.78 is 1.94. The number of aromatic nitrogens is 2. The monoisotopic (exact) mass is 269 g/mol. The molecule has 0 aliphatic heterocycles. The number of benzene rings is 1. The van der Waals surface area contributed by atoms with Crippen molar-refractivity contribution in [1.29, 1.82) is 0 Å². The number of carbonyl (C=O) groups excluding carboxylic acids is 1. The fourth-order valence-electron chi connectivity index (χ4n) is 1.93. The largest absolute Gasteiger partial charge is 0.383 e. The highest BCUT2D eigenvalue weighted by Gasteiger charge is 2.12. The third-order valence-corrected chi connectivity index (χ3v) is 3.02. The lowest BCUT2D eigenvalue weighted by Crippen LogP contribution is -2.11. The molecular formula is C16H19N3O. The van der Waals surface area contributed by atoms with Crippen molar-refractivity contribution in [3.8, 4) is 0 Å². The van der Waals surface area contributed by atoms with Gasteiger partial charge in [0.1, 0.15) is 11.5 Å². The third kappa shape index (κ3) is 3.35. The maximum absolute atomic E-state index is 12.2. The Morgan fingerprint density at radius 2 is 2.00 bits per heavy atom. The maximum Gasteiger partial charge on any atom is 0.205 e. The number of hydrogen-bond acceptors (Lipinski definition) is 3. The molecule has 0 unspecified atom stereocenters. The minimum absolute atomic E-state index is 0.0322. The minimum Gasteiger partial charge on any atom is -0.383 e. The van der Waals surface area contributed by atoms with Gasteiger partial charge in [-0.3, -0.25) is 4.79 Å². The lowest BCUT2D eigenvalue weighted by atomic mass is 10.2. The van der Waals surface area contributed by atoms with Crippen LogP contribution in [-0.2, 0) is 6.54 Å². The highest BCUT2D eigenvalue weighted by atomic mass is 16.1. The standard InChI is InChI=1S/C16H19N3O/c1-13-17-11-15(16(20)9-10-18(2)3)19(13)12-14-7-5-4-6-8-14/h4-11H,12H2,1-3H3/b10-9+. The zero-order chi connectivity index (χ0) is 14.5. The Balaban J connectivity index is 2.26. The second kappa shape index (κ2) is 6.19. The molecular weight excluding hydrogens is 250 g/mol. The molecule has 0 saturated carbocycles. The average Bonchev–Trinajstić information content (AvgIpc) is 2.79. The van der Waals surface area contributed by atoms with Gasteiger partial charge in [0.05, 0.1) is 6.20 Å². The zero-order valence-electron chi connectivity index (χ0n) is 12.1. The lowest BCUT2D eigenvalue weighted by Gasteiger charge is -2.09. The van der Waals surface area contributed by atoms with Gasteiger partial charge >= 0.3 is 0 Å². The molecule has 0 amide bonds. The van der Waals surface area contributed by atoms with Gasteiger partial charge in [-0.15, -0.1) is 0 Å². The predicted molar refractivity (Wildman–Crippen MR) is 79.7 cm³/mol. The van der Waals surface area contributed by atoms with Gasteiger partial charge in [-0.1, -0.05) is 30.3 Å². The van der Waals surface area contributed by atoms with Crippen LogP contribution in [0, 0.1) is 6.92 Å². The number of imidazole rings is 1. The summed E-state index contributed by atoms with van der Waals surface area (Å²) in [7, 11) is 3.77. The summed E-state index contributed by atoms with van der Waals surface area (Å²) in [6, 6.07) is 10.1. The molecule has 1 heterocycles. The molecule has 4 nitrogen and oxygen atoms in total.